The molecule has 448 valence electrons. The lowest BCUT2D eigenvalue weighted by Gasteiger charge is -2.35. The number of cyclic esters (lactones) is 1. The molecular weight excluding hydrogens is 1110 g/mol. The summed E-state index contributed by atoms with van der Waals surface area (Å²) >= 11 is 1.83. The van der Waals surface area contributed by atoms with Gasteiger partial charge in [0.25, 0.3) is 11.2 Å². The number of benzene rings is 2. The third-order valence-corrected chi connectivity index (χ3v) is 17.1. The topological polar surface area (TPSA) is 336 Å². The second-order valence-corrected chi connectivity index (χ2v) is 22.4. The van der Waals surface area contributed by atoms with E-state index in [1.165, 1.54) is 20.1 Å². The van der Waals surface area contributed by atoms with Crippen molar-refractivity contribution in [3.63, 3.8) is 0 Å². The number of methoxy groups -OCH3 is 1. The number of pyridine rings is 2. The van der Waals surface area contributed by atoms with Gasteiger partial charge in [0.15, 0.2) is 11.5 Å². The summed E-state index contributed by atoms with van der Waals surface area (Å²) in [6, 6.07) is 13.1. The van der Waals surface area contributed by atoms with Crippen LogP contribution in [-0.2, 0) is 61.7 Å². The van der Waals surface area contributed by atoms with Crippen LogP contribution in [0.15, 0.2) is 53.3 Å². The average molecular weight is 1180 g/mol. The number of urea groups is 1. The minimum atomic E-state index is -1.87. The first-order chi connectivity index (χ1) is 40.5. The minimum Gasteiger partial charge on any atom is -0.493 e. The number of unbranched alkanes of at least 4 members (excludes halogenated alkanes) is 2. The van der Waals surface area contributed by atoms with Crippen LogP contribution in [0.5, 0.6) is 11.5 Å². The van der Waals surface area contributed by atoms with Gasteiger partial charge in [-0.05, 0) is 69.7 Å². The Morgan fingerprint density at radius 2 is 1.69 bits per heavy atom. The summed E-state index contributed by atoms with van der Waals surface area (Å²) in [7, 11) is 1.33. The first-order valence-electron chi connectivity index (χ1n) is 28.3. The van der Waals surface area contributed by atoms with Crippen LogP contribution >= 0.6 is 11.8 Å². The summed E-state index contributed by atoms with van der Waals surface area (Å²) in [5.74, 6) is -1.82. The predicted octanol–water partition coefficient (Wildman–Crippen LogP) is 4.04. The van der Waals surface area contributed by atoms with E-state index < -0.39 is 52.3 Å². The van der Waals surface area contributed by atoms with Crippen LogP contribution in [-0.4, -0.2) is 143 Å². The van der Waals surface area contributed by atoms with E-state index in [0.29, 0.717) is 29.5 Å². The fourth-order valence-electron chi connectivity index (χ4n) is 11.2. The standard InChI is InChI=1S/C57H68N10O16S/c1-4-57(37-26-42-50-34(24-33-12-5-6-13-38(33)62-50)29-66(42)52(72)36(37)30-81-54(57)74)83-49(71)17-9-10-18-61-56(76)82-32(2)35-25-43(79-3)44(28-41(35)67(77)78)80-23-11-16-47(69)60-21-22-65-48(70)27-39(53(65)73)58-19-20-59-46(68)15-8-7-14-45-51-40(31-84-45)63-55(75)64-51/h5-6,12-13,24-26,28,32,39-40,45,51,58H,4,7-11,14-23,27,29-31H2,1-3H3,(H,59,68)(H,60,69)(H,61,76)(H2,63,64,75)/t32?,39?,40-,45+,51-,57+/m1/s1. The molecule has 5 aliphatic rings. The number of hydrogen-bond acceptors (Lipinski definition) is 19. The summed E-state index contributed by atoms with van der Waals surface area (Å²) < 4.78 is 29.7. The number of nitrogens with one attached hydrogen (secondary N) is 6. The van der Waals surface area contributed by atoms with Crippen LogP contribution in [0.3, 0.4) is 0 Å². The number of carbonyl (C=O) groups excluding carboxylic acids is 8. The van der Waals surface area contributed by atoms with Crippen LogP contribution < -0.4 is 46.9 Å². The second-order valence-electron chi connectivity index (χ2n) is 21.1. The number of thioether (sulfide) groups is 1. The monoisotopic (exact) mass is 1180 g/mol. The van der Waals surface area contributed by atoms with Gasteiger partial charge in [-0.15, -0.1) is 0 Å². The van der Waals surface area contributed by atoms with Crippen LogP contribution in [0.4, 0.5) is 15.3 Å². The maximum atomic E-state index is 13.9. The number of aromatic nitrogens is 2. The Labute approximate surface area is 486 Å². The Morgan fingerprint density at radius 3 is 2.48 bits per heavy atom. The number of alkyl carbamates (subject to hydrolysis) is 1. The molecule has 0 radical (unpaired) electrons. The highest BCUT2D eigenvalue weighted by molar-refractivity contribution is 8.00. The van der Waals surface area contributed by atoms with Crippen molar-refractivity contribution in [1.82, 2.24) is 46.4 Å². The maximum absolute atomic E-state index is 13.9. The van der Waals surface area contributed by atoms with Crippen molar-refractivity contribution in [2.24, 2.45) is 0 Å². The molecule has 0 aliphatic carbocycles. The molecular formula is C57H68N10O16S. The molecule has 3 saturated heterocycles. The van der Waals surface area contributed by atoms with Crippen molar-refractivity contribution in [3.8, 4) is 22.9 Å². The highest BCUT2D eigenvalue weighted by Gasteiger charge is 2.50. The van der Waals surface area contributed by atoms with Crippen LogP contribution in [0.1, 0.15) is 113 Å². The normalized spacial score (nSPS) is 20.4. The van der Waals surface area contributed by atoms with Gasteiger partial charge in [-0.3, -0.25) is 43.8 Å². The molecule has 0 spiro atoms. The number of likely N-dealkylation sites (tertiary alicyclic amines) is 1. The molecule has 27 heteroatoms. The molecule has 2 unspecified atom stereocenters. The predicted molar refractivity (Wildman–Crippen MR) is 303 cm³/mol. The van der Waals surface area contributed by atoms with Crippen LogP contribution in [0, 0.1) is 10.1 Å². The summed E-state index contributed by atoms with van der Waals surface area (Å²) in [4.78, 5) is 133. The Kier molecular flexibility index (Phi) is 19.3. The van der Waals surface area contributed by atoms with Crippen molar-refractivity contribution >= 4 is 76.0 Å². The third kappa shape index (κ3) is 13.5. The lowest BCUT2D eigenvalue weighted by atomic mass is 9.85. The fraction of sp³-hybridized carbons (Fsp3) is 0.509. The van der Waals surface area contributed by atoms with Gasteiger partial charge in [-0.25, -0.2) is 19.4 Å². The molecule has 26 nitrogen and oxygen atoms in total. The van der Waals surface area contributed by atoms with Gasteiger partial charge >= 0.3 is 24.1 Å². The number of rotatable bonds is 28. The summed E-state index contributed by atoms with van der Waals surface area (Å²) in [6.45, 7) is 3.66. The summed E-state index contributed by atoms with van der Waals surface area (Å²) in [6.07, 6.45) is 1.30. The highest BCUT2D eigenvalue weighted by atomic mass is 32.2. The average Bonchev–Trinajstić information content (AvgIpc) is 2.22. The molecule has 5 aliphatic heterocycles. The molecule has 6 atom stereocenters. The van der Waals surface area contributed by atoms with E-state index >= 15 is 0 Å². The van der Waals surface area contributed by atoms with E-state index in [-0.39, 0.29) is 167 Å². The lowest BCUT2D eigenvalue weighted by Crippen LogP contribution is -2.47. The van der Waals surface area contributed by atoms with Crippen LogP contribution in [0.2, 0.25) is 0 Å². The number of carbonyl (C=O) groups is 8. The second kappa shape index (κ2) is 26.9. The number of nitrogens with zero attached hydrogens (tertiary/aromatic N) is 4. The van der Waals surface area contributed by atoms with E-state index in [2.05, 4.69) is 31.9 Å². The Hall–Kier alpha value is -8.33. The van der Waals surface area contributed by atoms with E-state index in [0.717, 1.165) is 46.0 Å². The van der Waals surface area contributed by atoms with Gasteiger partial charge in [-0.1, -0.05) is 31.5 Å². The zero-order chi connectivity index (χ0) is 59.7. The van der Waals surface area contributed by atoms with Crippen molar-refractivity contribution in [2.45, 2.75) is 133 Å². The molecule has 4 aromatic rings. The number of para-hydroxylation sites is 1. The number of fused-ring (bicyclic) bond motifs is 6. The number of ether oxygens (including phenoxy) is 5. The quantitative estimate of drug-likeness (QED) is 0.00783. The van der Waals surface area contributed by atoms with Crippen LogP contribution in [0.25, 0.3) is 22.3 Å². The molecule has 9 rings (SSSR count). The van der Waals surface area contributed by atoms with Crippen molar-refractivity contribution < 1.29 is 67.0 Å². The molecule has 2 aromatic carbocycles. The summed E-state index contributed by atoms with van der Waals surface area (Å²) in [5, 5.41) is 30.5. The van der Waals surface area contributed by atoms with Gasteiger partial charge in [0.05, 0.1) is 83.8 Å². The Bertz CT molecular complexity index is 3300. The number of amides is 7. The van der Waals surface area contributed by atoms with Gasteiger partial charge in [0, 0.05) is 79.5 Å². The molecule has 0 saturated carbocycles. The molecule has 7 heterocycles. The van der Waals surface area contributed by atoms with E-state index in [4.69, 9.17) is 28.7 Å². The highest BCUT2D eigenvalue weighted by Crippen LogP contribution is 2.42. The zero-order valence-electron chi connectivity index (χ0n) is 46.9. The zero-order valence-corrected chi connectivity index (χ0v) is 47.7. The Morgan fingerprint density at radius 1 is 0.917 bits per heavy atom. The molecule has 84 heavy (non-hydrogen) atoms. The first-order valence-corrected chi connectivity index (χ1v) is 29.3. The number of imide groups is 1. The van der Waals surface area contributed by atoms with E-state index in [1.807, 2.05) is 42.1 Å². The Balaban J connectivity index is 0.655. The molecule has 6 N–H and O–H groups in total. The van der Waals surface area contributed by atoms with E-state index in [1.54, 1.807) is 17.6 Å². The maximum Gasteiger partial charge on any atom is 0.407 e. The summed E-state index contributed by atoms with van der Waals surface area (Å²) in [5.41, 5.74) is 0.525. The van der Waals surface area contributed by atoms with Gasteiger partial charge in [-0.2, -0.15) is 11.8 Å². The van der Waals surface area contributed by atoms with Gasteiger partial charge < -0.3 is 60.2 Å². The number of hydrogen-bond donors (Lipinski definition) is 6. The number of esters is 2. The van der Waals surface area contributed by atoms with Gasteiger partial charge in [0.2, 0.25) is 29.2 Å². The van der Waals surface area contributed by atoms with Crippen molar-refractivity contribution in [1.29, 1.82) is 0 Å². The molecule has 2 aromatic heterocycles. The van der Waals surface area contributed by atoms with Crippen molar-refractivity contribution in [2.75, 3.05) is 52.2 Å². The molecule has 3 fully saturated rings. The molecule has 0 bridgehead atoms. The SMILES string of the molecule is CC[C@@]1(OC(=O)CCCCNC(=O)OC(C)c2cc(OC)c(OCCCC(=O)NCCN3C(=O)CC(NCCNC(=O)CCCC[C@@H]4SC[C@H]5NC(=O)N[C@@H]45)C3=O)cc2[N+](=O)[O-])C(=O)OCc2c1cc1n(c2=O)Cc2cc3ccccc3nc2-1. The smallest absolute Gasteiger partial charge is 0.407 e. The minimum absolute atomic E-state index is 0.00350. The lowest BCUT2D eigenvalue weighted by molar-refractivity contribution is -0.386. The van der Waals surface area contributed by atoms with E-state index in [9.17, 15) is 53.3 Å². The number of nitro benzene ring substituents is 1. The first kappa shape index (κ1) is 60.3. The third-order valence-electron chi connectivity index (χ3n) is 15.6. The van der Waals surface area contributed by atoms with Gasteiger partial charge in [0.1, 0.15) is 12.7 Å². The number of nitro groups is 1. The van der Waals surface area contributed by atoms with Crippen molar-refractivity contribution in [3.05, 3.63) is 91.3 Å². The molecule has 7 amide bonds. The fourth-order valence-corrected chi connectivity index (χ4v) is 12.7. The largest absolute Gasteiger partial charge is 0.493 e.